The van der Waals surface area contributed by atoms with Crippen LogP contribution in [0.2, 0.25) is 10.0 Å². The van der Waals surface area contributed by atoms with Gasteiger partial charge in [-0.2, -0.15) is 15.0 Å². The first-order valence-corrected chi connectivity index (χ1v) is 5.50. The Balaban J connectivity index is 2.38. The topological polar surface area (TPSA) is 90.7 Å². The van der Waals surface area contributed by atoms with Gasteiger partial charge in [0, 0.05) is 16.5 Å². The maximum Gasteiger partial charge on any atom is 0.225 e. The molecule has 0 spiro atoms. The molecule has 2 rings (SSSR count). The van der Waals surface area contributed by atoms with Gasteiger partial charge >= 0.3 is 0 Å². The zero-order valence-corrected chi connectivity index (χ0v) is 10.2. The van der Waals surface area contributed by atoms with Crippen molar-refractivity contribution in [2.75, 3.05) is 11.5 Å². The largest absolute Gasteiger partial charge is 0.368 e. The van der Waals surface area contributed by atoms with Gasteiger partial charge in [-0.3, -0.25) is 0 Å². The van der Waals surface area contributed by atoms with E-state index in [1.807, 2.05) is 0 Å². The molecular weight excluding hydrogens is 261 g/mol. The third-order valence-corrected chi connectivity index (χ3v) is 2.82. The van der Waals surface area contributed by atoms with Crippen LogP contribution in [0.1, 0.15) is 11.4 Å². The Morgan fingerprint density at radius 2 is 1.47 bits per heavy atom. The smallest absolute Gasteiger partial charge is 0.225 e. The lowest BCUT2D eigenvalue weighted by atomic mass is 10.1. The molecular formula is C10H9Cl2N5. The molecule has 0 unspecified atom stereocenters. The van der Waals surface area contributed by atoms with Crippen LogP contribution in [-0.4, -0.2) is 15.0 Å². The first-order valence-electron chi connectivity index (χ1n) is 4.75. The molecule has 0 aliphatic rings. The molecule has 0 saturated heterocycles. The summed E-state index contributed by atoms with van der Waals surface area (Å²) in [5, 5.41) is 1.10. The van der Waals surface area contributed by atoms with E-state index in [-0.39, 0.29) is 11.9 Å². The number of hydrogen-bond acceptors (Lipinski definition) is 5. The summed E-state index contributed by atoms with van der Waals surface area (Å²) < 4.78 is 0. The summed E-state index contributed by atoms with van der Waals surface area (Å²) in [7, 11) is 0. The predicted octanol–water partition coefficient (Wildman–Crippen LogP) is 1.93. The maximum atomic E-state index is 6.04. The van der Waals surface area contributed by atoms with E-state index >= 15 is 0 Å². The molecule has 0 radical (unpaired) electrons. The van der Waals surface area contributed by atoms with Crippen molar-refractivity contribution in [2.24, 2.45) is 0 Å². The Morgan fingerprint density at radius 1 is 0.941 bits per heavy atom. The lowest BCUT2D eigenvalue weighted by Crippen LogP contribution is -2.07. The van der Waals surface area contributed by atoms with Crippen LogP contribution in [0.25, 0.3) is 0 Å². The minimum absolute atomic E-state index is 0.0793. The summed E-state index contributed by atoms with van der Waals surface area (Å²) in [5.74, 6) is 0.594. The molecule has 0 bridgehead atoms. The third-order valence-electron chi connectivity index (χ3n) is 2.11. The van der Waals surface area contributed by atoms with Gasteiger partial charge in [0.15, 0.2) is 0 Å². The second-order valence-corrected chi connectivity index (χ2v) is 4.16. The van der Waals surface area contributed by atoms with Gasteiger partial charge in [0.1, 0.15) is 5.82 Å². The first kappa shape index (κ1) is 11.9. The SMILES string of the molecule is Nc1nc(N)nc(Cc2c(Cl)cccc2Cl)n1. The van der Waals surface area contributed by atoms with E-state index in [1.165, 1.54) is 0 Å². The van der Waals surface area contributed by atoms with Gasteiger partial charge in [0.2, 0.25) is 11.9 Å². The second-order valence-electron chi connectivity index (χ2n) is 3.35. The van der Waals surface area contributed by atoms with Crippen molar-refractivity contribution < 1.29 is 0 Å². The van der Waals surface area contributed by atoms with Crippen molar-refractivity contribution in [3.05, 3.63) is 39.6 Å². The minimum atomic E-state index is 0.0793. The van der Waals surface area contributed by atoms with Crippen LogP contribution in [0.5, 0.6) is 0 Å². The van der Waals surface area contributed by atoms with Crippen LogP contribution in [0, 0.1) is 0 Å². The first-order chi connectivity index (χ1) is 8.06. The van der Waals surface area contributed by atoms with Crippen molar-refractivity contribution in [2.45, 2.75) is 6.42 Å². The third kappa shape index (κ3) is 2.75. The van der Waals surface area contributed by atoms with Crippen LogP contribution in [0.4, 0.5) is 11.9 Å². The fourth-order valence-electron chi connectivity index (χ4n) is 1.40. The Kier molecular flexibility index (Phi) is 3.31. The summed E-state index contributed by atoms with van der Waals surface area (Å²) in [4.78, 5) is 11.6. The van der Waals surface area contributed by atoms with Crippen LogP contribution in [-0.2, 0) is 6.42 Å². The summed E-state index contributed by atoms with van der Waals surface area (Å²) in [6, 6.07) is 5.26. The summed E-state index contributed by atoms with van der Waals surface area (Å²) >= 11 is 12.1. The van der Waals surface area contributed by atoms with Gasteiger partial charge in [-0.25, -0.2) is 0 Å². The molecule has 0 amide bonds. The molecule has 0 fully saturated rings. The van der Waals surface area contributed by atoms with E-state index in [4.69, 9.17) is 34.7 Å². The Morgan fingerprint density at radius 3 is 2.00 bits per heavy atom. The molecule has 0 saturated carbocycles. The number of benzene rings is 1. The fraction of sp³-hybridized carbons (Fsp3) is 0.100. The number of hydrogen-bond donors (Lipinski definition) is 2. The van der Waals surface area contributed by atoms with E-state index in [0.717, 1.165) is 5.56 Å². The normalized spacial score (nSPS) is 10.5. The van der Waals surface area contributed by atoms with Crippen molar-refractivity contribution in [3.8, 4) is 0 Å². The van der Waals surface area contributed by atoms with Gasteiger partial charge in [-0.05, 0) is 17.7 Å². The molecule has 2 aromatic rings. The highest BCUT2D eigenvalue weighted by molar-refractivity contribution is 6.36. The molecule has 5 nitrogen and oxygen atoms in total. The highest BCUT2D eigenvalue weighted by Gasteiger charge is 2.09. The zero-order valence-electron chi connectivity index (χ0n) is 8.69. The molecule has 1 aromatic carbocycles. The number of nitrogen functional groups attached to an aromatic ring is 2. The lowest BCUT2D eigenvalue weighted by Gasteiger charge is -2.06. The molecule has 0 aliphatic heterocycles. The van der Waals surface area contributed by atoms with Gasteiger partial charge < -0.3 is 11.5 Å². The Hall–Kier alpha value is -1.59. The summed E-state index contributed by atoms with van der Waals surface area (Å²) in [6.45, 7) is 0. The predicted molar refractivity (Wildman–Crippen MR) is 67.9 cm³/mol. The van der Waals surface area contributed by atoms with Gasteiger partial charge in [-0.1, -0.05) is 29.3 Å². The van der Waals surface area contributed by atoms with Gasteiger partial charge in [0.05, 0.1) is 0 Å². The van der Waals surface area contributed by atoms with Crippen molar-refractivity contribution in [3.63, 3.8) is 0 Å². The highest BCUT2D eigenvalue weighted by atomic mass is 35.5. The summed E-state index contributed by atoms with van der Waals surface area (Å²) in [6.07, 6.45) is 0.357. The summed E-state index contributed by atoms with van der Waals surface area (Å²) in [5.41, 5.74) is 11.7. The van der Waals surface area contributed by atoms with E-state index in [9.17, 15) is 0 Å². The van der Waals surface area contributed by atoms with E-state index in [0.29, 0.717) is 22.3 Å². The van der Waals surface area contributed by atoms with Crippen LogP contribution in [0.15, 0.2) is 18.2 Å². The molecule has 88 valence electrons. The number of halogens is 2. The molecule has 0 aliphatic carbocycles. The molecule has 4 N–H and O–H groups in total. The van der Waals surface area contributed by atoms with E-state index < -0.39 is 0 Å². The van der Waals surface area contributed by atoms with Crippen molar-refractivity contribution in [1.29, 1.82) is 0 Å². The van der Waals surface area contributed by atoms with Crippen molar-refractivity contribution in [1.82, 2.24) is 15.0 Å². The zero-order chi connectivity index (χ0) is 12.4. The Labute approximate surface area is 108 Å². The number of nitrogens with zero attached hydrogens (tertiary/aromatic N) is 3. The quantitative estimate of drug-likeness (QED) is 0.870. The molecule has 1 aromatic heterocycles. The second kappa shape index (κ2) is 4.73. The van der Waals surface area contributed by atoms with Crippen molar-refractivity contribution >= 4 is 35.1 Å². The lowest BCUT2D eigenvalue weighted by molar-refractivity contribution is 0.940. The molecule has 0 atom stereocenters. The van der Waals surface area contributed by atoms with E-state index in [1.54, 1.807) is 18.2 Å². The van der Waals surface area contributed by atoms with Crippen LogP contribution in [0.3, 0.4) is 0 Å². The highest BCUT2D eigenvalue weighted by Crippen LogP contribution is 2.26. The van der Waals surface area contributed by atoms with Crippen LogP contribution >= 0.6 is 23.2 Å². The molecule has 7 heteroatoms. The van der Waals surface area contributed by atoms with Gasteiger partial charge in [0.25, 0.3) is 0 Å². The molecule has 17 heavy (non-hydrogen) atoms. The number of aromatic nitrogens is 3. The number of nitrogens with two attached hydrogens (primary N) is 2. The Bertz CT molecular complexity index is 518. The van der Waals surface area contributed by atoms with Gasteiger partial charge in [-0.15, -0.1) is 0 Å². The van der Waals surface area contributed by atoms with E-state index in [2.05, 4.69) is 15.0 Å². The fourth-order valence-corrected chi connectivity index (χ4v) is 1.93. The number of rotatable bonds is 2. The minimum Gasteiger partial charge on any atom is -0.368 e. The maximum absolute atomic E-state index is 6.04. The average molecular weight is 270 g/mol. The van der Waals surface area contributed by atoms with Crippen LogP contribution < -0.4 is 11.5 Å². The average Bonchev–Trinajstić information content (AvgIpc) is 2.22. The molecule has 1 heterocycles. The number of anilines is 2. The standard InChI is InChI=1S/C10H9Cl2N5/c11-6-2-1-3-7(12)5(6)4-8-15-9(13)17-10(14)16-8/h1-3H,4H2,(H4,13,14,15,16,17). The monoisotopic (exact) mass is 269 g/mol.